The monoisotopic (exact) mass is 281 g/mol. The Bertz CT molecular complexity index is 775. The maximum Gasteiger partial charge on any atom is 0.160 e. The summed E-state index contributed by atoms with van der Waals surface area (Å²) in [6, 6.07) is 10.3. The van der Waals surface area contributed by atoms with Crippen LogP contribution in [0.4, 0.5) is 0 Å². The molecule has 1 N–H and O–H groups in total. The second-order valence-electron chi connectivity index (χ2n) is 5.06. The first-order valence-corrected chi connectivity index (χ1v) is 7.19. The molecular weight excluding hydrogens is 262 g/mol. The number of aromatic nitrogens is 4. The van der Waals surface area contributed by atoms with Crippen molar-refractivity contribution in [3.8, 4) is 5.82 Å². The van der Waals surface area contributed by atoms with Gasteiger partial charge in [0.25, 0.3) is 0 Å². The summed E-state index contributed by atoms with van der Waals surface area (Å²) in [7, 11) is 0. The Morgan fingerprint density at radius 1 is 1.14 bits per heavy atom. The number of hydrogen-bond donors (Lipinski definition) is 1. The van der Waals surface area contributed by atoms with E-state index >= 15 is 0 Å². The number of nitrogens with one attached hydrogen (secondary N) is 1. The van der Waals surface area contributed by atoms with Crippen LogP contribution in [0.1, 0.15) is 24.1 Å². The van der Waals surface area contributed by atoms with Crippen LogP contribution in [-0.2, 0) is 6.54 Å². The first kappa shape index (κ1) is 13.7. The third-order valence-corrected chi connectivity index (χ3v) is 3.42. The van der Waals surface area contributed by atoms with Gasteiger partial charge in [-0.15, -0.1) is 5.10 Å². The van der Waals surface area contributed by atoms with E-state index in [1.807, 2.05) is 36.7 Å². The van der Waals surface area contributed by atoms with E-state index in [2.05, 4.69) is 34.5 Å². The molecule has 108 valence electrons. The third-order valence-electron chi connectivity index (χ3n) is 3.42. The molecule has 21 heavy (non-hydrogen) atoms. The quantitative estimate of drug-likeness (QED) is 0.798. The summed E-state index contributed by atoms with van der Waals surface area (Å²) in [4.78, 5) is 9.17. The minimum absolute atomic E-state index is 0.761. The lowest BCUT2D eigenvalue weighted by Crippen LogP contribution is -2.16. The maximum absolute atomic E-state index is 4.79. The Morgan fingerprint density at radius 3 is 2.67 bits per heavy atom. The SMILES string of the molecule is CCNCc1cc2ccccc2nc1-n1nc(C)nc1C. The molecule has 0 amide bonds. The molecule has 0 atom stereocenters. The van der Waals surface area contributed by atoms with Crippen molar-refractivity contribution in [1.29, 1.82) is 0 Å². The van der Waals surface area contributed by atoms with E-state index < -0.39 is 0 Å². The van der Waals surface area contributed by atoms with Crippen LogP contribution in [0.15, 0.2) is 30.3 Å². The molecule has 0 bridgehead atoms. The second-order valence-corrected chi connectivity index (χ2v) is 5.06. The normalized spacial score (nSPS) is 11.2. The molecule has 0 saturated carbocycles. The lowest BCUT2D eigenvalue weighted by atomic mass is 10.1. The summed E-state index contributed by atoms with van der Waals surface area (Å²) in [5.74, 6) is 2.47. The fourth-order valence-corrected chi connectivity index (χ4v) is 2.44. The largest absolute Gasteiger partial charge is 0.313 e. The second kappa shape index (κ2) is 5.61. The molecular formula is C16H19N5. The van der Waals surface area contributed by atoms with Crippen molar-refractivity contribution in [2.75, 3.05) is 6.54 Å². The average molecular weight is 281 g/mol. The van der Waals surface area contributed by atoms with Gasteiger partial charge >= 0.3 is 0 Å². The number of fused-ring (bicyclic) bond motifs is 1. The minimum atomic E-state index is 0.761. The summed E-state index contributed by atoms with van der Waals surface area (Å²) in [5.41, 5.74) is 2.10. The van der Waals surface area contributed by atoms with Gasteiger partial charge in [0.15, 0.2) is 5.82 Å². The van der Waals surface area contributed by atoms with Crippen molar-refractivity contribution in [2.24, 2.45) is 0 Å². The summed E-state index contributed by atoms with van der Waals surface area (Å²) < 4.78 is 1.83. The predicted molar refractivity (Wildman–Crippen MR) is 83.5 cm³/mol. The van der Waals surface area contributed by atoms with Gasteiger partial charge in [0.1, 0.15) is 11.6 Å². The smallest absolute Gasteiger partial charge is 0.160 e. The number of para-hydroxylation sites is 1. The molecule has 0 saturated heterocycles. The van der Waals surface area contributed by atoms with Crippen LogP contribution >= 0.6 is 0 Å². The number of aryl methyl sites for hydroxylation is 2. The number of benzene rings is 1. The van der Waals surface area contributed by atoms with Crippen molar-refractivity contribution in [3.05, 3.63) is 47.5 Å². The van der Waals surface area contributed by atoms with Gasteiger partial charge in [0, 0.05) is 17.5 Å². The molecule has 1 aromatic carbocycles. The van der Waals surface area contributed by atoms with Gasteiger partial charge in [-0.3, -0.25) is 0 Å². The van der Waals surface area contributed by atoms with Gasteiger partial charge in [-0.2, -0.15) is 4.68 Å². The molecule has 0 aliphatic rings. The lowest BCUT2D eigenvalue weighted by Gasteiger charge is -2.11. The Morgan fingerprint density at radius 2 is 1.95 bits per heavy atom. The molecule has 2 aromatic heterocycles. The number of rotatable bonds is 4. The van der Waals surface area contributed by atoms with Gasteiger partial charge in [0.2, 0.25) is 0 Å². The highest BCUT2D eigenvalue weighted by Gasteiger charge is 2.13. The molecule has 0 radical (unpaired) electrons. The zero-order valence-corrected chi connectivity index (χ0v) is 12.6. The fraction of sp³-hybridized carbons (Fsp3) is 0.312. The Labute approximate surface area is 124 Å². The highest BCUT2D eigenvalue weighted by molar-refractivity contribution is 5.80. The average Bonchev–Trinajstić information content (AvgIpc) is 2.82. The molecule has 5 heteroatoms. The summed E-state index contributed by atoms with van der Waals surface area (Å²) >= 11 is 0. The fourth-order valence-electron chi connectivity index (χ4n) is 2.44. The van der Waals surface area contributed by atoms with E-state index in [1.54, 1.807) is 0 Å². The van der Waals surface area contributed by atoms with Gasteiger partial charge in [-0.25, -0.2) is 9.97 Å². The van der Waals surface area contributed by atoms with E-state index in [4.69, 9.17) is 4.98 Å². The van der Waals surface area contributed by atoms with Crippen molar-refractivity contribution in [1.82, 2.24) is 25.1 Å². The van der Waals surface area contributed by atoms with Crippen molar-refractivity contribution in [3.63, 3.8) is 0 Å². The first-order chi connectivity index (χ1) is 10.2. The van der Waals surface area contributed by atoms with Gasteiger partial charge in [0.05, 0.1) is 5.52 Å². The molecule has 0 aliphatic heterocycles. The van der Waals surface area contributed by atoms with E-state index in [9.17, 15) is 0 Å². The highest BCUT2D eigenvalue weighted by atomic mass is 15.4. The third kappa shape index (κ3) is 2.64. The van der Waals surface area contributed by atoms with Gasteiger partial charge < -0.3 is 5.32 Å². The standard InChI is InChI=1S/C16H19N5/c1-4-17-10-14-9-13-7-5-6-8-15(13)19-16(14)21-12(3)18-11(2)20-21/h5-9,17H,4,10H2,1-3H3. The molecule has 3 aromatic rings. The minimum Gasteiger partial charge on any atom is -0.313 e. The maximum atomic E-state index is 4.79. The summed E-state index contributed by atoms with van der Waals surface area (Å²) in [6.45, 7) is 7.63. The molecule has 2 heterocycles. The van der Waals surface area contributed by atoms with Crippen LogP contribution in [0.2, 0.25) is 0 Å². The first-order valence-electron chi connectivity index (χ1n) is 7.19. The highest BCUT2D eigenvalue weighted by Crippen LogP contribution is 2.20. The number of nitrogens with zero attached hydrogens (tertiary/aromatic N) is 4. The lowest BCUT2D eigenvalue weighted by molar-refractivity contribution is 0.707. The van der Waals surface area contributed by atoms with Crippen LogP contribution in [0.3, 0.4) is 0 Å². The molecule has 0 unspecified atom stereocenters. The van der Waals surface area contributed by atoms with Crippen LogP contribution in [0.5, 0.6) is 0 Å². The Balaban J connectivity index is 2.20. The molecule has 0 fully saturated rings. The Hall–Kier alpha value is -2.27. The van der Waals surface area contributed by atoms with Crippen LogP contribution < -0.4 is 5.32 Å². The summed E-state index contributed by atoms with van der Waals surface area (Å²) in [5, 5.41) is 8.98. The van der Waals surface area contributed by atoms with E-state index in [-0.39, 0.29) is 0 Å². The van der Waals surface area contributed by atoms with Crippen molar-refractivity contribution >= 4 is 10.9 Å². The van der Waals surface area contributed by atoms with Gasteiger partial charge in [-0.1, -0.05) is 25.1 Å². The summed E-state index contributed by atoms with van der Waals surface area (Å²) in [6.07, 6.45) is 0. The van der Waals surface area contributed by atoms with Crippen molar-refractivity contribution in [2.45, 2.75) is 27.3 Å². The molecule has 5 nitrogen and oxygen atoms in total. The van der Waals surface area contributed by atoms with Gasteiger partial charge in [-0.05, 0) is 32.5 Å². The number of pyridine rings is 1. The van der Waals surface area contributed by atoms with Crippen LogP contribution in [0, 0.1) is 13.8 Å². The molecule has 0 spiro atoms. The van der Waals surface area contributed by atoms with Crippen LogP contribution in [0.25, 0.3) is 16.7 Å². The Kier molecular flexibility index (Phi) is 3.66. The molecule has 3 rings (SSSR count). The van der Waals surface area contributed by atoms with E-state index in [1.165, 1.54) is 0 Å². The predicted octanol–water partition coefficient (Wildman–Crippen LogP) is 2.54. The zero-order chi connectivity index (χ0) is 14.8. The van der Waals surface area contributed by atoms with Crippen molar-refractivity contribution < 1.29 is 0 Å². The van der Waals surface area contributed by atoms with E-state index in [0.29, 0.717) is 0 Å². The topological polar surface area (TPSA) is 55.6 Å². The van der Waals surface area contributed by atoms with Crippen LogP contribution in [-0.4, -0.2) is 26.3 Å². The number of hydrogen-bond acceptors (Lipinski definition) is 4. The molecule has 0 aliphatic carbocycles. The van der Waals surface area contributed by atoms with E-state index in [0.717, 1.165) is 47.0 Å². The zero-order valence-electron chi connectivity index (χ0n) is 12.6.